The highest BCUT2D eigenvalue weighted by molar-refractivity contribution is 4.95. The molecule has 0 spiro atoms. The van der Waals surface area contributed by atoms with Crippen LogP contribution in [0.25, 0.3) is 0 Å². The van der Waals surface area contributed by atoms with Crippen LogP contribution in [0.5, 0.6) is 0 Å². The zero-order valence-corrected chi connectivity index (χ0v) is 13.4. The topological polar surface area (TPSA) is 24.5 Å². The molecule has 0 aromatic heterocycles. The number of ether oxygens (including phenoxy) is 1. The second-order valence-electron chi connectivity index (χ2n) is 7.68. The van der Waals surface area contributed by atoms with Crippen LogP contribution < -0.4 is 5.32 Å². The highest BCUT2D eigenvalue weighted by atomic mass is 16.5. The highest BCUT2D eigenvalue weighted by Crippen LogP contribution is 2.29. The van der Waals surface area contributed by atoms with Crippen LogP contribution in [0.3, 0.4) is 0 Å². The van der Waals surface area contributed by atoms with Gasteiger partial charge < -0.3 is 10.1 Å². The second-order valence-corrected chi connectivity index (χ2v) is 7.68. The SMILES string of the molecule is CC(C)C1CNC(C(C)(C)C)CN1C1CCOCC1. The quantitative estimate of drug-likeness (QED) is 0.833. The number of piperazine rings is 1. The van der Waals surface area contributed by atoms with E-state index in [4.69, 9.17) is 4.74 Å². The van der Waals surface area contributed by atoms with E-state index in [1.807, 2.05) is 0 Å². The van der Waals surface area contributed by atoms with Crippen molar-refractivity contribution in [3.8, 4) is 0 Å². The summed E-state index contributed by atoms with van der Waals surface area (Å²) in [4.78, 5) is 2.79. The lowest BCUT2D eigenvalue weighted by molar-refractivity contribution is -0.0219. The third-order valence-electron chi connectivity index (χ3n) is 4.87. The van der Waals surface area contributed by atoms with Gasteiger partial charge in [0.2, 0.25) is 0 Å². The summed E-state index contributed by atoms with van der Waals surface area (Å²) in [7, 11) is 0. The fourth-order valence-electron chi connectivity index (χ4n) is 3.43. The van der Waals surface area contributed by atoms with Crippen molar-refractivity contribution < 1.29 is 4.74 Å². The normalized spacial score (nSPS) is 31.9. The lowest BCUT2D eigenvalue weighted by Gasteiger charge is -2.50. The Balaban J connectivity index is 2.08. The largest absolute Gasteiger partial charge is 0.381 e. The number of nitrogens with one attached hydrogen (secondary N) is 1. The first-order valence-electron chi connectivity index (χ1n) is 7.96. The van der Waals surface area contributed by atoms with E-state index in [1.165, 1.54) is 19.4 Å². The van der Waals surface area contributed by atoms with Gasteiger partial charge in [-0.15, -0.1) is 0 Å². The van der Waals surface area contributed by atoms with Crippen molar-refractivity contribution in [3.05, 3.63) is 0 Å². The van der Waals surface area contributed by atoms with E-state index in [1.54, 1.807) is 0 Å². The fraction of sp³-hybridized carbons (Fsp3) is 1.00. The van der Waals surface area contributed by atoms with Gasteiger partial charge in [0.15, 0.2) is 0 Å². The first kappa shape index (κ1) is 15.3. The van der Waals surface area contributed by atoms with Crippen molar-refractivity contribution in [2.75, 3.05) is 26.3 Å². The Kier molecular flexibility index (Phi) is 4.91. The van der Waals surface area contributed by atoms with E-state index in [9.17, 15) is 0 Å². The van der Waals surface area contributed by atoms with Crippen LogP contribution in [-0.2, 0) is 4.74 Å². The molecule has 2 atom stereocenters. The molecule has 3 nitrogen and oxygen atoms in total. The molecular weight excluding hydrogens is 236 g/mol. The van der Waals surface area contributed by atoms with Crippen molar-refractivity contribution in [2.24, 2.45) is 11.3 Å². The average molecular weight is 268 g/mol. The zero-order valence-electron chi connectivity index (χ0n) is 13.4. The minimum Gasteiger partial charge on any atom is -0.381 e. The summed E-state index contributed by atoms with van der Waals surface area (Å²) in [5.74, 6) is 0.719. The smallest absolute Gasteiger partial charge is 0.0480 e. The van der Waals surface area contributed by atoms with E-state index < -0.39 is 0 Å². The van der Waals surface area contributed by atoms with Crippen LogP contribution in [0.2, 0.25) is 0 Å². The van der Waals surface area contributed by atoms with Crippen LogP contribution in [0.1, 0.15) is 47.5 Å². The Morgan fingerprint density at radius 2 is 1.79 bits per heavy atom. The van der Waals surface area contributed by atoms with Crippen molar-refractivity contribution in [1.29, 1.82) is 0 Å². The maximum atomic E-state index is 5.54. The summed E-state index contributed by atoms with van der Waals surface area (Å²) in [6.45, 7) is 16.0. The first-order valence-corrected chi connectivity index (χ1v) is 7.96. The molecular formula is C16H32N2O. The predicted molar refractivity (Wildman–Crippen MR) is 80.4 cm³/mol. The van der Waals surface area contributed by atoms with Gasteiger partial charge in [0.25, 0.3) is 0 Å². The molecule has 2 rings (SSSR count). The number of hydrogen-bond acceptors (Lipinski definition) is 3. The van der Waals surface area contributed by atoms with Gasteiger partial charge in [0.1, 0.15) is 0 Å². The van der Waals surface area contributed by atoms with Gasteiger partial charge in [0.05, 0.1) is 0 Å². The lowest BCUT2D eigenvalue weighted by Crippen LogP contribution is -2.64. The second kappa shape index (κ2) is 6.11. The number of nitrogens with zero attached hydrogens (tertiary/aromatic N) is 1. The maximum absolute atomic E-state index is 5.54. The van der Waals surface area contributed by atoms with Crippen molar-refractivity contribution in [3.63, 3.8) is 0 Å². The molecule has 0 amide bonds. The van der Waals surface area contributed by atoms with E-state index in [0.29, 0.717) is 17.5 Å². The summed E-state index contributed by atoms with van der Waals surface area (Å²) in [6.07, 6.45) is 2.42. The zero-order chi connectivity index (χ0) is 14.0. The van der Waals surface area contributed by atoms with Crippen molar-refractivity contribution >= 4 is 0 Å². The van der Waals surface area contributed by atoms with Crippen molar-refractivity contribution in [1.82, 2.24) is 10.2 Å². The minimum atomic E-state index is 0.339. The molecule has 2 saturated heterocycles. The van der Waals surface area contributed by atoms with Gasteiger partial charge in [-0.05, 0) is 24.2 Å². The van der Waals surface area contributed by atoms with Crippen LogP contribution in [0.15, 0.2) is 0 Å². The van der Waals surface area contributed by atoms with Gasteiger partial charge in [-0.25, -0.2) is 0 Å². The summed E-state index contributed by atoms with van der Waals surface area (Å²) in [6, 6.07) is 2.01. The van der Waals surface area contributed by atoms with E-state index in [-0.39, 0.29) is 0 Å². The van der Waals surface area contributed by atoms with Crippen LogP contribution >= 0.6 is 0 Å². The maximum Gasteiger partial charge on any atom is 0.0480 e. The van der Waals surface area contributed by atoms with Crippen LogP contribution in [-0.4, -0.2) is 49.3 Å². The molecule has 2 aliphatic rings. The lowest BCUT2D eigenvalue weighted by atomic mass is 9.82. The molecule has 0 saturated carbocycles. The molecule has 0 aromatic rings. The summed E-state index contributed by atoms with van der Waals surface area (Å²) in [5.41, 5.74) is 0.339. The standard InChI is InChI=1S/C16H32N2O/c1-12(2)14-10-17-15(16(3,4)5)11-18(14)13-6-8-19-9-7-13/h12-15,17H,6-11H2,1-5H3. The Bertz CT molecular complexity index is 279. The monoisotopic (exact) mass is 268 g/mol. The van der Waals surface area contributed by atoms with Gasteiger partial charge in [-0.1, -0.05) is 34.6 Å². The van der Waals surface area contributed by atoms with Crippen molar-refractivity contribution in [2.45, 2.75) is 65.6 Å². The Hall–Kier alpha value is -0.120. The molecule has 2 fully saturated rings. The molecule has 19 heavy (non-hydrogen) atoms. The third-order valence-corrected chi connectivity index (χ3v) is 4.87. The molecule has 0 radical (unpaired) electrons. The summed E-state index contributed by atoms with van der Waals surface area (Å²) < 4.78 is 5.54. The molecule has 0 aliphatic carbocycles. The molecule has 0 aromatic carbocycles. The van der Waals surface area contributed by atoms with Gasteiger partial charge >= 0.3 is 0 Å². The Labute approximate surface area is 119 Å². The van der Waals surface area contributed by atoms with Gasteiger partial charge in [-0.2, -0.15) is 0 Å². The molecule has 2 heterocycles. The van der Waals surface area contributed by atoms with Gasteiger partial charge in [0, 0.05) is 44.4 Å². The summed E-state index contributed by atoms with van der Waals surface area (Å²) in [5, 5.41) is 3.79. The van der Waals surface area contributed by atoms with E-state index in [0.717, 1.165) is 31.7 Å². The first-order chi connectivity index (χ1) is 8.89. The molecule has 2 aliphatic heterocycles. The molecule has 3 heteroatoms. The van der Waals surface area contributed by atoms with E-state index >= 15 is 0 Å². The number of hydrogen-bond donors (Lipinski definition) is 1. The molecule has 1 N–H and O–H groups in total. The molecule has 0 bridgehead atoms. The Morgan fingerprint density at radius 1 is 1.16 bits per heavy atom. The third kappa shape index (κ3) is 3.71. The average Bonchev–Trinajstić information content (AvgIpc) is 2.38. The minimum absolute atomic E-state index is 0.339. The summed E-state index contributed by atoms with van der Waals surface area (Å²) >= 11 is 0. The Morgan fingerprint density at radius 3 is 2.32 bits per heavy atom. The fourth-order valence-corrected chi connectivity index (χ4v) is 3.43. The van der Waals surface area contributed by atoms with Crippen LogP contribution in [0, 0.1) is 11.3 Å². The molecule has 2 unspecified atom stereocenters. The van der Waals surface area contributed by atoms with Crippen LogP contribution in [0.4, 0.5) is 0 Å². The predicted octanol–water partition coefficient (Wildman–Crippen LogP) is 2.51. The number of rotatable bonds is 2. The molecule has 112 valence electrons. The van der Waals surface area contributed by atoms with E-state index in [2.05, 4.69) is 44.8 Å². The van der Waals surface area contributed by atoms with Gasteiger partial charge in [-0.3, -0.25) is 4.90 Å². The highest BCUT2D eigenvalue weighted by Gasteiger charge is 2.38.